The molecule has 0 bridgehead atoms. The Balaban J connectivity index is 1.86. The highest BCUT2D eigenvalue weighted by Crippen LogP contribution is 2.28. The Morgan fingerprint density at radius 3 is 2.67 bits per heavy atom. The van der Waals surface area contributed by atoms with E-state index < -0.39 is 0 Å². The average molecular weight is 282 g/mol. The Kier molecular flexibility index (Phi) is 4.53. The first-order valence-corrected chi connectivity index (χ1v) is 7.53. The zero-order valence-corrected chi connectivity index (χ0v) is 12.5. The molecule has 1 N–H and O–H groups in total. The molecule has 0 saturated carbocycles. The van der Waals surface area contributed by atoms with Gasteiger partial charge in [0.05, 0.1) is 0 Å². The first kappa shape index (κ1) is 14.1. The smallest absolute Gasteiger partial charge is 0.123 e. The summed E-state index contributed by atoms with van der Waals surface area (Å²) in [6.07, 6.45) is 0. The third kappa shape index (κ3) is 3.26. The molecule has 1 unspecified atom stereocenters. The van der Waals surface area contributed by atoms with E-state index >= 15 is 0 Å². The van der Waals surface area contributed by atoms with Crippen LogP contribution in [-0.2, 0) is 6.54 Å². The molecule has 110 valence electrons. The Hall–Kier alpha value is -1.84. The first-order valence-electron chi connectivity index (χ1n) is 7.53. The van der Waals surface area contributed by atoms with E-state index in [2.05, 4.69) is 58.7 Å². The number of likely N-dealkylation sites (N-methyl/N-ethyl adjacent to an activating group) is 1. The Morgan fingerprint density at radius 2 is 1.86 bits per heavy atom. The summed E-state index contributed by atoms with van der Waals surface area (Å²) in [5.74, 6) is 1.02. The number of hydrogen-bond donors (Lipinski definition) is 1. The maximum Gasteiger partial charge on any atom is 0.123 e. The molecule has 0 aliphatic carbocycles. The van der Waals surface area contributed by atoms with Gasteiger partial charge in [0.15, 0.2) is 0 Å². The second-order valence-electron chi connectivity index (χ2n) is 5.41. The molecule has 1 aliphatic heterocycles. The fraction of sp³-hybridized carbons (Fsp3) is 0.333. The molecule has 3 heteroatoms. The number of benzene rings is 2. The number of para-hydroxylation sites is 1. The summed E-state index contributed by atoms with van der Waals surface area (Å²) in [4.78, 5) is 2.50. The maximum atomic E-state index is 5.88. The zero-order chi connectivity index (χ0) is 14.5. The lowest BCUT2D eigenvalue weighted by Crippen LogP contribution is -2.36. The molecule has 0 radical (unpaired) electrons. The van der Waals surface area contributed by atoms with Crippen molar-refractivity contribution in [2.75, 3.05) is 26.7 Å². The zero-order valence-electron chi connectivity index (χ0n) is 12.5. The van der Waals surface area contributed by atoms with Gasteiger partial charge < -0.3 is 10.1 Å². The summed E-state index contributed by atoms with van der Waals surface area (Å²) in [7, 11) is 2.01. The van der Waals surface area contributed by atoms with Crippen molar-refractivity contribution in [3.8, 4) is 5.75 Å². The maximum absolute atomic E-state index is 5.88. The molecule has 1 heterocycles. The minimum Gasteiger partial charge on any atom is -0.492 e. The molecular formula is C18H22N2O. The summed E-state index contributed by atoms with van der Waals surface area (Å²) in [6.45, 7) is 3.55. The van der Waals surface area contributed by atoms with Gasteiger partial charge in [-0.3, -0.25) is 4.90 Å². The van der Waals surface area contributed by atoms with Gasteiger partial charge in [-0.15, -0.1) is 0 Å². The van der Waals surface area contributed by atoms with Gasteiger partial charge in [-0.05, 0) is 18.7 Å². The highest BCUT2D eigenvalue weighted by atomic mass is 16.5. The fourth-order valence-corrected chi connectivity index (χ4v) is 2.94. The number of hydrogen-bond acceptors (Lipinski definition) is 3. The molecule has 0 saturated heterocycles. The van der Waals surface area contributed by atoms with Crippen molar-refractivity contribution in [2.45, 2.75) is 12.6 Å². The van der Waals surface area contributed by atoms with Gasteiger partial charge in [-0.2, -0.15) is 0 Å². The van der Waals surface area contributed by atoms with Crippen LogP contribution in [-0.4, -0.2) is 31.6 Å². The quantitative estimate of drug-likeness (QED) is 0.933. The van der Waals surface area contributed by atoms with Crippen molar-refractivity contribution in [2.24, 2.45) is 0 Å². The lowest BCUT2D eigenvalue weighted by molar-refractivity contribution is 0.167. The molecule has 0 fully saturated rings. The SMILES string of the molecule is CNCC(c1ccccc1)N1CCOc2ccccc2C1. The van der Waals surface area contributed by atoms with E-state index in [1.807, 2.05) is 13.1 Å². The first-order chi connectivity index (χ1) is 10.4. The average Bonchev–Trinajstić information content (AvgIpc) is 2.75. The van der Waals surface area contributed by atoms with E-state index in [1.54, 1.807) is 0 Å². The minimum atomic E-state index is 0.367. The van der Waals surface area contributed by atoms with Crippen LogP contribution in [0.1, 0.15) is 17.2 Å². The highest BCUT2D eigenvalue weighted by molar-refractivity contribution is 5.34. The highest BCUT2D eigenvalue weighted by Gasteiger charge is 2.23. The molecule has 2 aromatic rings. The van der Waals surface area contributed by atoms with Crippen LogP contribution in [0.4, 0.5) is 0 Å². The van der Waals surface area contributed by atoms with Crippen LogP contribution < -0.4 is 10.1 Å². The van der Waals surface area contributed by atoms with Crippen molar-refractivity contribution >= 4 is 0 Å². The molecule has 3 nitrogen and oxygen atoms in total. The molecular weight excluding hydrogens is 260 g/mol. The van der Waals surface area contributed by atoms with Crippen LogP contribution in [0.2, 0.25) is 0 Å². The molecule has 1 aliphatic rings. The number of nitrogens with one attached hydrogen (secondary N) is 1. The summed E-state index contributed by atoms with van der Waals surface area (Å²) in [6, 6.07) is 19.4. The number of nitrogens with zero attached hydrogens (tertiary/aromatic N) is 1. The van der Waals surface area contributed by atoms with Crippen LogP contribution in [0.3, 0.4) is 0 Å². The summed E-state index contributed by atoms with van der Waals surface area (Å²) in [5, 5.41) is 3.33. The molecule has 0 amide bonds. The van der Waals surface area contributed by atoms with Crippen molar-refractivity contribution in [1.82, 2.24) is 10.2 Å². The lowest BCUT2D eigenvalue weighted by atomic mass is 10.0. The number of ether oxygens (including phenoxy) is 1. The van der Waals surface area contributed by atoms with Crippen LogP contribution in [0.25, 0.3) is 0 Å². The summed E-state index contributed by atoms with van der Waals surface area (Å²) in [5.41, 5.74) is 2.62. The lowest BCUT2D eigenvalue weighted by Gasteiger charge is -2.30. The van der Waals surface area contributed by atoms with Crippen LogP contribution >= 0.6 is 0 Å². The summed E-state index contributed by atoms with van der Waals surface area (Å²) >= 11 is 0. The molecule has 1 atom stereocenters. The van der Waals surface area contributed by atoms with Crippen molar-refractivity contribution in [3.63, 3.8) is 0 Å². The molecule has 0 aromatic heterocycles. The second-order valence-corrected chi connectivity index (χ2v) is 5.41. The number of fused-ring (bicyclic) bond motifs is 1. The normalized spacial score (nSPS) is 16.6. The van der Waals surface area contributed by atoms with E-state index in [1.165, 1.54) is 11.1 Å². The predicted octanol–water partition coefficient (Wildman–Crippen LogP) is 2.84. The van der Waals surface area contributed by atoms with Crippen molar-refractivity contribution in [3.05, 3.63) is 65.7 Å². The van der Waals surface area contributed by atoms with Gasteiger partial charge in [0, 0.05) is 31.2 Å². The van der Waals surface area contributed by atoms with E-state index in [9.17, 15) is 0 Å². The van der Waals surface area contributed by atoms with Gasteiger partial charge in [0.2, 0.25) is 0 Å². The monoisotopic (exact) mass is 282 g/mol. The molecule has 2 aromatic carbocycles. The van der Waals surface area contributed by atoms with Crippen LogP contribution in [0.15, 0.2) is 54.6 Å². The number of rotatable bonds is 4. The van der Waals surface area contributed by atoms with Gasteiger partial charge >= 0.3 is 0 Å². The summed E-state index contributed by atoms with van der Waals surface area (Å²) < 4.78 is 5.88. The van der Waals surface area contributed by atoms with Crippen molar-refractivity contribution in [1.29, 1.82) is 0 Å². The molecule has 0 spiro atoms. The van der Waals surface area contributed by atoms with E-state index in [4.69, 9.17) is 4.74 Å². The van der Waals surface area contributed by atoms with Gasteiger partial charge in [0.1, 0.15) is 12.4 Å². The predicted molar refractivity (Wildman–Crippen MR) is 85.5 cm³/mol. The van der Waals surface area contributed by atoms with Gasteiger partial charge in [-0.1, -0.05) is 48.5 Å². The minimum absolute atomic E-state index is 0.367. The Labute approximate surface area is 126 Å². The Morgan fingerprint density at radius 1 is 1.10 bits per heavy atom. The third-order valence-corrected chi connectivity index (χ3v) is 4.00. The van der Waals surface area contributed by atoms with Crippen LogP contribution in [0.5, 0.6) is 5.75 Å². The van der Waals surface area contributed by atoms with Crippen LogP contribution in [0, 0.1) is 0 Å². The standard InChI is InChI=1S/C18H22N2O/c1-19-13-17(15-7-3-2-4-8-15)20-11-12-21-18-10-6-5-9-16(18)14-20/h2-10,17,19H,11-14H2,1H3. The largest absolute Gasteiger partial charge is 0.492 e. The van der Waals surface area contributed by atoms with E-state index in [0.717, 1.165) is 32.0 Å². The topological polar surface area (TPSA) is 24.5 Å². The molecule has 21 heavy (non-hydrogen) atoms. The third-order valence-electron chi connectivity index (χ3n) is 4.00. The second kappa shape index (κ2) is 6.74. The van der Waals surface area contributed by atoms with Gasteiger partial charge in [-0.25, -0.2) is 0 Å². The van der Waals surface area contributed by atoms with Crippen molar-refractivity contribution < 1.29 is 4.74 Å². The molecule has 3 rings (SSSR count). The van der Waals surface area contributed by atoms with E-state index in [-0.39, 0.29) is 0 Å². The Bertz CT molecular complexity index is 570. The fourth-order valence-electron chi connectivity index (χ4n) is 2.94. The van der Waals surface area contributed by atoms with E-state index in [0.29, 0.717) is 6.04 Å². The van der Waals surface area contributed by atoms with Gasteiger partial charge in [0.25, 0.3) is 0 Å².